The van der Waals surface area contributed by atoms with E-state index in [-0.39, 0.29) is 0 Å². The molecule has 3 heteroatoms. The van der Waals surface area contributed by atoms with Crippen molar-refractivity contribution < 1.29 is 0 Å². The van der Waals surface area contributed by atoms with E-state index in [0.29, 0.717) is 0 Å². The van der Waals surface area contributed by atoms with Gasteiger partial charge in [0, 0.05) is 17.6 Å². The van der Waals surface area contributed by atoms with Gasteiger partial charge in [0.2, 0.25) is 0 Å². The summed E-state index contributed by atoms with van der Waals surface area (Å²) in [7, 11) is 0. The summed E-state index contributed by atoms with van der Waals surface area (Å²) in [6, 6.07) is 0. The van der Waals surface area contributed by atoms with Crippen molar-refractivity contribution in [1.82, 2.24) is 9.97 Å². The van der Waals surface area contributed by atoms with Gasteiger partial charge in [0.25, 0.3) is 0 Å². The van der Waals surface area contributed by atoms with Gasteiger partial charge in [-0.15, -0.1) is 0 Å². The number of aromatic amines is 1. The molecule has 0 amide bonds. The maximum absolute atomic E-state index is 4.20. The first-order chi connectivity index (χ1) is 5.95. The molecule has 0 atom stereocenters. The second-order valence-corrected chi connectivity index (χ2v) is 4.54. The van der Waals surface area contributed by atoms with Crippen LogP contribution in [0.15, 0.2) is 12.4 Å². The molecule has 1 heterocycles. The lowest BCUT2D eigenvalue weighted by molar-refractivity contribution is 0.886. The highest BCUT2D eigenvalue weighted by Gasteiger charge is 2.15. The summed E-state index contributed by atoms with van der Waals surface area (Å²) in [5.41, 5.74) is 0. The zero-order chi connectivity index (χ0) is 8.23. The number of hydrogen-bond acceptors (Lipinski definition) is 2. The molecule has 0 aromatic carbocycles. The minimum Gasteiger partial charge on any atom is -0.348 e. The fourth-order valence-corrected chi connectivity index (χ4v) is 2.85. The highest BCUT2D eigenvalue weighted by molar-refractivity contribution is 7.99. The van der Waals surface area contributed by atoms with Gasteiger partial charge in [0.1, 0.15) is 5.82 Å². The number of hydrogen-bond donors (Lipinski definition) is 1. The van der Waals surface area contributed by atoms with Gasteiger partial charge in [-0.25, -0.2) is 4.98 Å². The van der Waals surface area contributed by atoms with E-state index in [1.807, 2.05) is 24.2 Å². The van der Waals surface area contributed by atoms with Gasteiger partial charge in [-0.05, 0) is 12.8 Å². The van der Waals surface area contributed by atoms with E-state index < -0.39 is 0 Å². The molecule has 1 aliphatic carbocycles. The zero-order valence-corrected chi connectivity index (χ0v) is 7.94. The van der Waals surface area contributed by atoms with Gasteiger partial charge in [-0.2, -0.15) is 11.8 Å². The minimum atomic E-state index is 0.898. The van der Waals surface area contributed by atoms with Gasteiger partial charge in [-0.3, -0.25) is 0 Å². The Hall–Kier alpha value is -0.440. The minimum absolute atomic E-state index is 0.898. The van der Waals surface area contributed by atoms with Crippen LogP contribution in [-0.4, -0.2) is 15.2 Å². The average molecular weight is 182 g/mol. The average Bonchev–Trinajstić information content (AvgIpc) is 2.74. The highest BCUT2D eigenvalue weighted by Crippen LogP contribution is 2.30. The number of thioether (sulfide) groups is 1. The van der Waals surface area contributed by atoms with Crippen molar-refractivity contribution >= 4 is 11.8 Å². The van der Waals surface area contributed by atoms with Crippen molar-refractivity contribution in [2.75, 3.05) is 0 Å². The normalized spacial score (nSPS) is 18.7. The Morgan fingerprint density at radius 3 is 3.00 bits per heavy atom. The molecule has 1 N–H and O–H groups in total. The van der Waals surface area contributed by atoms with Crippen LogP contribution in [0.2, 0.25) is 0 Å². The quantitative estimate of drug-likeness (QED) is 0.778. The largest absolute Gasteiger partial charge is 0.348 e. The number of aromatic nitrogens is 2. The Morgan fingerprint density at radius 1 is 1.50 bits per heavy atom. The molecule has 12 heavy (non-hydrogen) atoms. The van der Waals surface area contributed by atoms with Crippen LogP contribution in [0.3, 0.4) is 0 Å². The number of imidazole rings is 1. The summed E-state index contributed by atoms with van der Waals surface area (Å²) in [5, 5.41) is 0.898. The summed E-state index contributed by atoms with van der Waals surface area (Å²) >= 11 is 2.05. The number of H-pyrrole nitrogens is 1. The predicted octanol–water partition coefficient (Wildman–Crippen LogP) is 2.59. The molecular weight excluding hydrogens is 168 g/mol. The molecule has 2 nitrogen and oxygen atoms in total. The van der Waals surface area contributed by atoms with Crippen molar-refractivity contribution in [2.45, 2.75) is 36.7 Å². The number of nitrogens with zero attached hydrogens (tertiary/aromatic N) is 1. The summed E-state index contributed by atoms with van der Waals surface area (Å²) in [6.45, 7) is 0. The monoisotopic (exact) mass is 182 g/mol. The molecule has 0 saturated heterocycles. The Bertz CT molecular complexity index is 214. The fraction of sp³-hybridized carbons (Fsp3) is 0.667. The molecule has 66 valence electrons. The molecule has 1 saturated carbocycles. The van der Waals surface area contributed by atoms with Gasteiger partial charge in [0.05, 0.1) is 5.75 Å². The molecule has 1 aromatic rings. The lowest BCUT2D eigenvalue weighted by Crippen LogP contribution is -1.95. The van der Waals surface area contributed by atoms with Crippen molar-refractivity contribution in [1.29, 1.82) is 0 Å². The van der Waals surface area contributed by atoms with E-state index in [1.54, 1.807) is 0 Å². The van der Waals surface area contributed by atoms with E-state index in [1.165, 1.54) is 25.7 Å². The maximum atomic E-state index is 4.20. The van der Waals surface area contributed by atoms with Crippen molar-refractivity contribution in [3.63, 3.8) is 0 Å². The van der Waals surface area contributed by atoms with E-state index >= 15 is 0 Å². The molecule has 0 bridgehead atoms. The molecule has 0 spiro atoms. The first-order valence-electron chi connectivity index (χ1n) is 4.55. The van der Waals surface area contributed by atoms with Gasteiger partial charge in [-0.1, -0.05) is 12.8 Å². The molecule has 1 aromatic heterocycles. The van der Waals surface area contributed by atoms with Gasteiger partial charge < -0.3 is 4.98 Å². The maximum Gasteiger partial charge on any atom is 0.116 e. The summed E-state index contributed by atoms with van der Waals surface area (Å²) in [5.74, 6) is 2.17. The van der Waals surface area contributed by atoms with Gasteiger partial charge >= 0.3 is 0 Å². The SMILES string of the molecule is c1c[nH]c(CSC2CCCC2)n1. The Labute approximate surface area is 77.2 Å². The van der Waals surface area contributed by atoms with E-state index in [4.69, 9.17) is 0 Å². The van der Waals surface area contributed by atoms with Crippen LogP contribution >= 0.6 is 11.8 Å². The first kappa shape index (κ1) is 8.17. The molecule has 1 aliphatic rings. The number of rotatable bonds is 3. The summed E-state index contributed by atoms with van der Waals surface area (Å²) in [6.07, 6.45) is 9.39. The molecule has 0 aliphatic heterocycles. The third-order valence-electron chi connectivity index (χ3n) is 2.31. The summed E-state index contributed by atoms with van der Waals surface area (Å²) in [4.78, 5) is 7.33. The Morgan fingerprint density at radius 2 is 2.33 bits per heavy atom. The van der Waals surface area contributed by atoms with Gasteiger partial charge in [0.15, 0.2) is 0 Å². The van der Waals surface area contributed by atoms with Crippen LogP contribution < -0.4 is 0 Å². The second kappa shape index (κ2) is 3.99. The Kier molecular flexibility index (Phi) is 2.71. The molecule has 1 fully saturated rings. The number of nitrogens with one attached hydrogen (secondary N) is 1. The lowest BCUT2D eigenvalue weighted by Gasteiger charge is -2.05. The van der Waals surface area contributed by atoms with Crippen LogP contribution in [-0.2, 0) is 5.75 Å². The van der Waals surface area contributed by atoms with Crippen LogP contribution in [0, 0.1) is 0 Å². The third-order valence-corrected chi connectivity index (χ3v) is 3.70. The second-order valence-electron chi connectivity index (χ2n) is 3.25. The molecule has 0 radical (unpaired) electrons. The van der Waals surface area contributed by atoms with Crippen LogP contribution in [0.5, 0.6) is 0 Å². The highest BCUT2D eigenvalue weighted by atomic mass is 32.2. The third kappa shape index (κ3) is 2.03. The summed E-state index contributed by atoms with van der Waals surface area (Å²) < 4.78 is 0. The standard InChI is InChI=1S/C9H14N2S/c1-2-4-8(3-1)12-7-9-10-5-6-11-9/h5-6,8H,1-4,7H2,(H,10,11). The zero-order valence-electron chi connectivity index (χ0n) is 7.12. The topological polar surface area (TPSA) is 28.7 Å². The van der Waals surface area contributed by atoms with Crippen molar-refractivity contribution in [3.8, 4) is 0 Å². The smallest absolute Gasteiger partial charge is 0.116 e. The van der Waals surface area contributed by atoms with E-state index in [2.05, 4.69) is 9.97 Å². The predicted molar refractivity (Wildman–Crippen MR) is 52.1 cm³/mol. The van der Waals surface area contributed by atoms with Crippen molar-refractivity contribution in [3.05, 3.63) is 18.2 Å². The lowest BCUT2D eigenvalue weighted by atomic mass is 10.4. The van der Waals surface area contributed by atoms with Crippen LogP contribution in [0.4, 0.5) is 0 Å². The van der Waals surface area contributed by atoms with Crippen LogP contribution in [0.25, 0.3) is 0 Å². The van der Waals surface area contributed by atoms with Crippen LogP contribution in [0.1, 0.15) is 31.5 Å². The molecular formula is C9H14N2S. The van der Waals surface area contributed by atoms with Crippen molar-refractivity contribution in [2.24, 2.45) is 0 Å². The fourth-order valence-electron chi connectivity index (χ4n) is 1.63. The van der Waals surface area contributed by atoms with E-state index in [9.17, 15) is 0 Å². The first-order valence-corrected chi connectivity index (χ1v) is 5.60. The van der Waals surface area contributed by atoms with E-state index in [0.717, 1.165) is 16.8 Å². The molecule has 0 unspecified atom stereocenters. The Balaban J connectivity index is 1.74. The molecule has 2 rings (SSSR count).